The summed E-state index contributed by atoms with van der Waals surface area (Å²) in [6, 6.07) is 7.54. The molecule has 0 bridgehead atoms. The Labute approximate surface area is 131 Å². The number of aliphatic hydroxyl groups is 1. The van der Waals surface area contributed by atoms with Crippen molar-refractivity contribution in [2.75, 3.05) is 19.0 Å². The molecule has 4 nitrogen and oxygen atoms in total. The normalized spacial score (nSPS) is 12.2. The van der Waals surface area contributed by atoms with Crippen molar-refractivity contribution < 1.29 is 14.6 Å². The van der Waals surface area contributed by atoms with Gasteiger partial charge in [0.05, 0.1) is 25.0 Å². The van der Waals surface area contributed by atoms with Gasteiger partial charge in [0.25, 0.3) is 0 Å². The van der Waals surface area contributed by atoms with E-state index in [0.717, 1.165) is 17.1 Å². The summed E-state index contributed by atoms with van der Waals surface area (Å²) in [6.07, 6.45) is 0.788. The smallest absolute Gasteiger partial charge is 0.230 e. The minimum absolute atomic E-state index is 0.0162. The molecule has 1 amide bonds. The van der Waals surface area contributed by atoms with Gasteiger partial charge in [0.1, 0.15) is 5.75 Å². The van der Waals surface area contributed by atoms with Gasteiger partial charge in [-0.15, -0.1) is 11.8 Å². The Hall–Kier alpha value is -1.20. The Kier molecular flexibility index (Phi) is 8.23. The van der Waals surface area contributed by atoms with Gasteiger partial charge in [0, 0.05) is 4.90 Å². The van der Waals surface area contributed by atoms with Crippen LogP contribution in [0.3, 0.4) is 0 Å². The van der Waals surface area contributed by atoms with E-state index in [1.807, 2.05) is 31.2 Å². The van der Waals surface area contributed by atoms with Crippen molar-refractivity contribution in [2.45, 2.75) is 38.1 Å². The van der Waals surface area contributed by atoms with Crippen molar-refractivity contribution in [3.05, 3.63) is 24.3 Å². The average Bonchev–Trinajstić information content (AvgIpc) is 2.45. The number of benzene rings is 1. The summed E-state index contributed by atoms with van der Waals surface area (Å²) in [6.45, 7) is 6.72. The van der Waals surface area contributed by atoms with Crippen LogP contribution in [0.15, 0.2) is 29.2 Å². The number of carbonyl (C=O) groups excluding carboxylic acids is 1. The lowest BCUT2D eigenvalue weighted by molar-refractivity contribution is -0.119. The zero-order valence-corrected chi connectivity index (χ0v) is 13.8. The molecule has 1 unspecified atom stereocenters. The van der Waals surface area contributed by atoms with Crippen LogP contribution in [0.5, 0.6) is 5.75 Å². The molecule has 0 aliphatic rings. The van der Waals surface area contributed by atoms with E-state index >= 15 is 0 Å². The third-order valence-electron chi connectivity index (χ3n) is 2.85. The summed E-state index contributed by atoms with van der Waals surface area (Å²) in [5.74, 6) is 1.58. The van der Waals surface area contributed by atoms with Crippen LogP contribution in [0.4, 0.5) is 0 Å². The molecule has 5 heteroatoms. The van der Waals surface area contributed by atoms with Gasteiger partial charge < -0.3 is 15.2 Å². The van der Waals surface area contributed by atoms with Gasteiger partial charge >= 0.3 is 0 Å². The maximum Gasteiger partial charge on any atom is 0.230 e. The molecule has 0 aliphatic heterocycles. The number of amides is 1. The molecule has 0 saturated heterocycles. The van der Waals surface area contributed by atoms with Crippen LogP contribution in [-0.2, 0) is 4.79 Å². The number of ether oxygens (including phenoxy) is 1. The first kappa shape index (κ1) is 17.9. The topological polar surface area (TPSA) is 58.6 Å². The van der Waals surface area contributed by atoms with Gasteiger partial charge in [-0.1, -0.05) is 13.8 Å². The zero-order chi connectivity index (χ0) is 15.7. The summed E-state index contributed by atoms with van der Waals surface area (Å²) in [7, 11) is 0. The molecule has 118 valence electrons. The predicted molar refractivity (Wildman–Crippen MR) is 86.8 cm³/mol. The van der Waals surface area contributed by atoms with Gasteiger partial charge in [0.2, 0.25) is 5.91 Å². The Bertz CT molecular complexity index is 420. The Morgan fingerprint density at radius 2 is 2.00 bits per heavy atom. The average molecular weight is 311 g/mol. The van der Waals surface area contributed by atoms with Gasteiger partial charge in [0.15, 0.2) is 0 Å². The molecule has 1 rings (SSSR count). The van der Waals surface area contributed by atoms with Gasteiger partial charge in [-0.3, -0.25) is 4.79 Å². The van der Waals surface area contributed by atoms with E-state index in [4.69, 9.17) is 4.74 Å². The molecule has 0 radical (unpaired) electrons. The van der Waals surface area contributed by atoms with Crippen LogP contribution in [0, 0.1) is 5.92 Å². The van der Waals surface area contributed by atoms with Gasteiger partial charge in [-0.05, 0) is 43.5 Å². The number of aliphatic hydroxyl groups excluding tert-OH is 1. The van der Waals surface area contributed by atoms with Crippen molar-refractivity contribution in [1.82, 2.24) is 5.32 Å². The van der Waals surface area contributed by atoms with Crippen LogP contribution in [0.2, 0.25) is 0 Å². The van der Waals surface area contributed by atoms with Crippen LogP contribution in [-0.4, -0.2) is 36.0 Å². The van der Waals surface area contributed by atoms with E-state index in [-0.39, 0.29) is 18.6 Å². The molecule has 21 heavy (non-hydrogen) atoms. The van der Waals surface area contributed by atoms with E-state index in [1.165, 1.54) is 11.8 Å². The van der Waals surface area contributed by atoms with E-state index in [9.17, 15) is 9.90 Å². The number of rotatable bonds is 9. The molecule has 0 heterocycles. The second-order valence-corrected chi connectivity index (χ2v) is 6.32. The summed E-state index contributed by atoms with van der Waals surface area (Å²) in [5, 5.41) is 12.1. The fourth-order valence-electron chi connectivity index (χ4n) is 1.97. The highest BCUT2D eigenvalue weighted by Crippen LogP contribution is 2.21. The fourth-order valence-corrected chi connectivity index (χ4v) is 2.67. The third kappa shape index (κ3) is 7.39. The predicted octanol–water partition coefficient (Wildman–Crippen LogP) is 2.70. The first-order valence-corrected chi connectivity index (χ1v) is 8.29. The van der Waals surface area contributed by atoms with E-state index in [1.54, 1.807) is 0 Å². The second-order valence-electron chi connectivity index (χ2n) is 5.27. The maximum atomic E-state index is 11.9. The minimum Gasteiger partial charge on any atom is -0.494 e. The first-order valence-electron chi connectivity index (χ1n) is 7.31. The van der Waals surface area contributed by atoms with E-state index in [2.05, 4.69) is 19.2 Å². The second kappa shape index (κ2) is 9.68. The Morgan fingerprint density at radius 3 is 2.52 bits per heavy atom. The van der Waals surface area contributed by atoms with Crippen molar-refractivity contribution in [3.63, 3.8) is 0 Å². The number of hydrogen-bond donors (Lipinski definition) is 2. The zero-order valence-electron chi connectivity index (χ0n) is 13.0. The van der Waals surface area contributed by atoms with Crippen molar-refractivity contribution >= 4 is 17.7 Å². The third-order valence-corrected chi connectivity index (χ3v) is 3.86. The number of carbonyl (C=O) groups is 1. The molecule has 0 spiro atoms. The summed E-state index contributed by atoms with van der Waals surface area (Å²) in [4.78, 5) is 12.9. The highest BCUT2D eigenvalue weighted by atomic mass is 32.2. The molecule has 0 fully saturated rings. The number of hydrogen-bond acceptors (Lipinski definition) is 4. The van der Waals surface area contributed by atoms with Crippen molar-refractivity contribution in [3.8, 4) is 5.75 Å². The summed E-state index contributed by atoms with van der Waals surface area (Å²) >= 11 is 1.48. The Morgan fingerprint density at radius 1 is 1.33 bits per heavy atom. The molecule has 0 aromatic heterocycles. The molecule has 0 saturated carbocycles. The van der Waals surface area contributed by atoms with Crippen LogP contribution < -0.4 is 10.1 Å². The van der Waals surface area contributed by atoms with Crippen molar-refractivity contribution in [1.29, 1.82) is 0 Å². The molecule has 1 aromatic rings. The molecule has 2 N–H and O–H groups in total. The number of nitrogens with one attached hydrogen (secondary N) is 1. The quantitative estimate of drug-likeness (QED) is 0.689. The SMILES string of the molecule is CCOc1ccc(SCC(=O)NC(CO)CC(C)C)cc1. The largest absolute Gasteiger partial charge is 0.494 e. The maximum absolute atomic E-state index is 11.9. The molecular weight excluding hydrogens is 286 g/mol. The lowest BCUT2D eigenvalue weighted by Gasteiger charge is -2.18. The summed E-state index contributed by atoms with van der Waals surface area (Å²) < 4.78 is 5.37. The monoisotopic (exact) mass is 311 g/mol. The summed E-state index contributed by atoms with van der Waals surface area (Å²) in [5.41, 5.74) is 0. The van der Waals surface area contributed by atoms with Gasteiger partial charge in [-0.25, -0.2) is 0 Å². The van der Waals surface area contributed by atoms with E-state index in [0.29, 0.717) is 18.3 Å². The van der Waals surface area contributed by atoms with Crippen LogP contribution >= 0.6 is 11.8 Å². The standard InChI is InChI=1S/C16H25NO3S/c1-4-20-14-5-7-15(8-6-14)21-11-16(19)17-13(10-18)9-12(2)3/h5-8,12-13,18H,4,9-11H2,1-3H3,(H,17,19). The molecule has 1 aromatic carbocycles. The highest BCUT2D eigenvalue weighted by molar-refractivity contribution is 8.00. The lowest BCUT2D eigenvalue weighted by atomic mass is 10.0. The number of thioether (sulfide) groups is 1. The fraction of sp³-hybridized carbons (Fsp3) is 0.562. The minimum atomic E-state index is -0.154. The molecule has 1 atom stereocenters. The molecular formula is C16H25NO3S. The van der Waals surface area contributed by atoms with Gasteiger partial charge in [-0.2, -0.15) is 0 Å². The first-order chi connectivity index (χ1) is 10.0. The van der Waals surface area contributed by atoms with E-state index < -0.39 is 0 Å². The Balaban J connectivity index is 2.38. The highest BCUT2D eigenvalue weighted by Gasteiger charge is 2.13. The van der Waals surface area contributed by atoms with Crippen LogP contribution in [0.1, 0.15) is 27.2 Å². The van der Waals surface area contributed by atoms with Crippen LogP contribution in [0.25, 0.3) is 0 Å². The molecule has 0 aliphatic carbocycles. The van der Waals surface area contributed by atoms with Crippen molar-refractivity contribution in [2.24, 2.45) is 5.92 Å². The lowest BCUT2D eigenvalue weighted by Crippen LogP contribution is -2.39.